The maximum absolute atomic E-state index is 14.4. The first kappa shape index (κ1) is 11.2. The van der Waals surface area contributed by atoms with Gasteiger partial charge >= 0.3 is 0 Å². The fraction of sp³-hybridized carbons (Fsp3) is 0.500. The lowest BCUT2D eigenvalue weighted by Crippen LogP contribution is -2.31. The number of hydrogen-bond acceptors (Lipinski definition) is 1. The molecule has 0 radical (unpaired) electrons. The minimum Gasteiger partial charge on any atom is -0.330 e. The average Bonchev–Trinajstić information content (AvgIpc) is 2.17. The number of benzene rings is 1. The molecule has 2 heteroatoms. The molecule has 1 aromatic rings. The Morgan fingerprint density at radius 1 is 1.43 bits per heavy atom. The zero-order valence-corrected chi connectivity index (χ0v) is 9.05. The molecule has 1 rings (SSSR count). The average molecular weight is 195 g/mol. The van der Waals surface area contributed by atoms with Crippen LogP contribution in [0, 0.1) is 12.8 Å². The van der Waals surface area contributed by atoms with Crippen LogP contribution in [-0.2, 0) is 5.67 Å². The van der Waals surface area contributed by atoms with Crippen molar-refractivity contribution < 1.29 is 4.39 Å². The molecule has 0 aliphatic carbocycles. The molecule has 0 saturated carbocycles. The van der Waals surface area contributed by atoms with Crippen molar-refractivity contribution in [3.63, 3.8) is 0 Å². The molecule has 14 heavy (non-hydrogen) atoms. The van der Waals surface area contributed by atoms with Crippen LogP contribution in [0.25, 0.3) is 0 Å². The second-order valence-corrected chi connectivity index (χ2v) is 4.03. The number of rotatable bonds is 3. The van der Waals surface area contributed by atoms with Crippen LogP contribution < -0.4 is 5.73 Å². The van der Waals surface area contributed by atoms with E-state index in [0.29, 0.717) is 6.54 Å². The van der Waals surface area contributed by atoms with Crippen molar-refractivity contribution in [2.24, 2.45) is 11.7 Å². The summed E-state index contributed by atoms with van der Waals surface area (Å²) in [5.41, 5.74) is 5.90. The first-order valence-corrected chi connectivity index (χ1v) is 4.95. The Morgan fingerprint density at radius 2 is 2.00 bits per heavy atom. The zero-order chi connectivity index (χ0) is 10.8. The molecular weight excluding hydrogens is 177 g/mol. The lowest BCUT2D eigenvalue weighted by Gasteiger charge is -2.28. The first-order valence-electron chi connectivity index (χ1n) is 4.95. The molecule has 0 aliphatic rings. The predicted molar refractivity (Wildman–Crippen MR) is 57.9 cm³/mol. The number of alkyl halides is 1. The van der Waals surface area contributed by atoms with Crippen LogP contribution in [0.15, 0.2) is 24.3 Å². The van der Waals surface area contributed by atoms with Gasteiger partial charge in [-0.1, -0.05) is 31.2 Å². The highest BCUT2D eigenvalue weighted by Gasteiger charge is 2.32. The highest BCUT2D eigenvalue weighted by Crippen LogP contribution is 2.34. The molecule has 0 amide bonds. The van der Waals surface area contributed by atoms with Gasteiger partial charge in [-0.2, -0.15) is 0 Å². The van der Waals surface area contributed by atoms with Crippen LogP contribution in [0.5, 0.6) is 0 Å². The van der Waals surface area contributed by atoms with Gasteiger partial charge in [-0.05, 0) is 31.5 Å². The van der Waals surface area contributed by atoms with E-state index in [9.17, 15) is 4.39 Å². The summed E-state index contributed by atoms with van der Waals surface area (Å²) >= 11 is 0. The molecule has 78 valence electrons. The van der Waals surface area contributed by atoms with E-state index >= 15 is 0 Å². The SMILES string of the molecule is Cc1ccccc1C(C)(F)C(C)CN. The zero-order valence-electron chi connectivity index (χ0n) is 9.05. The molecule has 2 atom stereocenters. The molecular formula is C12H18FN. The van der Waals surface area contributed by atoms with Crippen molar-refractivity contribution in [1.29, 1.82) is 0 Å². The largest absolute Gasteiger partial charge is 0.330 e. The van der Waals surface area contributed by atoms with Gasteiger partial charge in [-0.15, -0.1) is 0 Å². The van der Waals surface area contributed by atoms with Gasteiger partial charge < -0.3 is 5.73 Å². The van der Waals surface area contributed by atoms with E-state index in [-0.39, 0.29) is 5.92 Å². The summed E-state index contributed by atoms with van der Waals surface area (Å²) in [6.07, 6.45) is 0. The fourth-order valence-corrected chi connectivity index (χ4v) is 1.61. The van der Waals surface area contributed by atoms with Crippen LogP contribution in [0.3, 0.4) is 0 Å². The molecule has 1 nitrogen and oxygen atoms in total. The summed E-state index contributed by atoms with van der Waals surface area (Å²) in [7, 11) is 0. The van der Waals surface area contributed by atoms with E-state index in [1.807, 2.05) is 38.1 Å². The van der Waals surface area contributed by atoms with Crippen LogP contribution in [0.2, 0.25) is 0 Å². The van der Waals surface area contributed by atoms with Gasteiger partial charge in [0, 0.05) is 5.92 Å². The van der Waals surface area contributed by atoms with Gasteiger partial charge in [0.05, 0.1) is 0 Å². The quantitative estimate of drug-likeness (QED) is 0.788. The predicted octanol–water partition coefficient (Wildman–Crippen LogP) is 2.77. The number of aryl methyl sites for hydroxylation is 1. The Morgan fingerprint density at radius 3 is 2.50 bits per heavy atom. The number of halogens is 1. The number of hydrogen-bond donors (Lipinski definition) is 1. The van der Waals surface area contributed by atoms with E-state index in [2.05, 4.69) is 0 Å². The maximum atomic E-state index is 14.4. The molecule has 2 unspecified atom stereocenters. The second-order valence-electron chi connectivity index (χ2n) is 4.03. The Balaban J connectivity index is 3.09. The summed E-state index contributed by atoms with van der Waals surface area (Å²) in [5, 5.41) is 0. The summed E-state index contributed by atoms with van der Waals surface area (Å²) in [6.45, 7) is 5.73. The van der Waals surface area contributed by atoms with Crippen molar-refractivity contribution in [1.82, 2.24) is 0 Å². The van der Waals surface area contributed by atoms with Crippen molar-refractivity contribution in [3.05, 3.63) is 35.4 Å². The number of nitrogens with two attached hydrogens (primary N) is 1. The van der Waals surface area contributed by atoms with Crippen molar-refractivity contribution in [2.75, 3.05) is 6.54 Å². The van der Waals surface area contributed by atoms with Crippen molar-refractivity contribution >= 4 is 0 Å². The molecule has 0 spiro atoms. The highest BCUT2D eigenvalue weighted by atomic mass is 19.1. The molecule has 0 aromatic heterocycles. The second kappa shape index (κ2) is 4.09. The normalized spacial score (nSPS) is 17.5. The van der Waals surface area contributed by atoms with E-state index in [0.717, 1.165) is 11.1 Å². The third kappa shape index (κ3) is 1.95. The van der Waals surface area contributed by atoms with Gasteiger partial charge in [0.2, 0.25) is 0 Å². The van der Waals surface area contributed by atoms with Gasteiger partial charge in [0.1, 0.15) is 5.67 Å². The van der Waals surface area contributed by atoms with Crippen LogP contribution in [-0.4, -0.2) is 6.54 Å². The third-order valence-electron chi connectivity index (χ3n) is 2.95. The van der Waals surface area contributed by atoms with Crippen LogP contribution >= 0.6 is 0 Å². The van der Waals surface area contributed by atoms with E-state index in [1.54, 1.807) is 6.92 Å². The third-order valence-corrected chi connectivity index (χ3v) is 2.95. The van der Waals surface area contributed by atoms with Crippen molar-refractivity contribution in [2.45, 2.75) is 26.4 Å². The summed E-state index contributed by atoms with van der Waals surface area (Å²) in [6, 6.07) is 7.54. The molecule has 1 aromatic carbocycles. The topological polar surface area (TPSA) is 26.0 Å². The smallest absolute Gasteiger partial charge is 0.137 e. The molecule has 0 saturated heterocycles. The molecule has 0 heterocycles. The van der Waals surface area contributed by atoms with E-state index < -0.39 is 5.67 Å². The summed E-state index contributed by atoms with van der Waals surface area (Å²) in [5.74, 6) is -0.163. The Labute approximate surface area is 85.1 Å². The van der Waals surface area contributed by atoms with Crippen molar-refractivity contribution in [3.8, 4) is 0 Å². The van der Waals surface area contributed by atoms with E-state index in [1.165, 1.54) is 0 Å². The highest BCUT2D eigenvalue weighted by molar-refractivity contribution is 5.31. The first-order chi connectivity index (χ1) is 6.50. The minimum atomic E-state index is -1.33. The molecule has 0 fully saturated rings. The van der Waals surface area contributed by atoms with Gasteiger partial charge in [-0.25, -0.2) is 4.39 Å². The lowest BCUT2D eigenvalue weighted by molar-refractivity contribution is 0.116. The molecule has 0 aliphatic heterocycles. The van der Waals surface area contributed by atoms with E-state index in [4.69, 9.17) is 5.73 Å². The standard InChI is InChI=1S/C12H18FN/c1-9-6-4-5-7-11(9)12(3,13)10(2)8-14/h4-7,10H,8,14H2,1-3H3. The Bertz CT molecular complexity index is 307. The molecule has 2 N–H and O–H groups in total. The molecule has 0 bridgehead atoms. The summed E-state index contributed by atoms with van der Waals surface area (Å²) < 4.78 is 14.4. The summed E-state index contributed by atoms with van der Waals surface area (Å²) in [4.78, 5) is 0. The fourth-order valence-electron chi connectivity index (χ4n) is 1.61. The van der Waals surface area contributed by atoms with Crippen LogP contribution in [0.4, 0.5) is 4.39 Å². The van der Waals surface area contributed by atoms with Crippen LogP contribution in [0.1, 0.15) is 25.0 Å². The van der Waals surface area contributed by atoms with Gasteiger partial charge in [0.15, 0.2) is 0 Å². The lowest BCUT2D eigenvalue weighted by atomic mass is 9.83. The monoisotopic (exact) mass is 195 g/mol. The maximum Gasteiger partial charge on any atom is 0.137 e. The van der Waals surface area contributed by atoms with Gasteiger partial charge in [0.25, 0.3) is 0 Å². The van der Waals surface area contributed by atoms with Gasteiger partial charge in [-0.3, -0.25) is 0 Å². The Hall–Kier alpha value is -0.890. The Kier molecular flexibility index (Phi) is 3.27. The minimum absolute atomic E-state index is 0.163.